The summed E-state index contributed by atoms with van der Waals surface area (Å²) in [6.07, 6.45) is 2.34. The number of ketones is 1. The molecule has 1 aliphatic heterocycles. The molecule has 4 heteroatoms. The Kier molecular flexibility index (Phi) is 4.03. The second-order valence-electron chi connectivity index (χ2n) is 6.45. The third kappa shape index (κ3) is 2.71. The van der Waals surface area contributed by atoms with Crippen LogP contribution < -0.4 is 5.32 Å². The van der Waals surface area contributed by atoms with Gasteiger partial charge in [0.1, 0.15) is 0 Å². The van der Waals surface area contributed by atoms with Crippen LogP contribution in [-0.2, 0) is 4.79 Å². The van der Waals surface area contributed by atoms with E-state index in [0.29, 0.717) is 12.0 Å². The van der Waals surface area contributed by atoms with Gasteiger partial charge < -0.3 is 5.32 Å². The van der Waals surface area contributed by atoms with Gasteiger partial charge in [0.15, 0.2) is 5.78 Å². The first-order chi connectivity index (χ1) is 12.2. The average molecular weight is 346 g/mol. The van der Waals surface area contributed by atoms with E-state index in [4.69, 9.17) is 0 Å². The summed E-state index contributed by atoms with van der Waals surface area (Å²) in [5.74, 6) is -0.0508. The third-order valence-corrected chi connectivity index (χ3v) is 6.07. The highest BCUT2D eigenvalue weighted by Gasteiger charge is 2.36. The Morgan fingerprint density at radius 3 is 2.72 bits per heavy atom. The van der Waals surface area contributed by atoms with Crippen molar-refractivity contribution >= 4 is 17.1 Å². The van der Waals surface area contributed by atoms with Crippen LogP contribution in [0.5, 0.6) is 0 Å². The quantitative estimate of drug-likeness (QED) is 0.841. The number of dihydropyridines is 1. The van der Waals surface area contributed by atoms with Crippen LogP contribution in [0.15, 0.2) is 65.0 Å². The number of benzene rings is 1. The van der Waals surface area contributed by atoms with Gasteiger partial charge in [-0.2, -0.15) is 5.26 Å². The lowest BCUT2D eigenvalue weighted by Gasteiger charge is -2.32. The Labute approximate surface area is 151 Å². The average Bonchev–Trinajstić information content (AvgIpc) is 3.11. The van der Waals surface area contributed by atoms with Crippen LogP contribution in [0.1, 0.15) is 37.0 Å². The fourth-order valence-electron chi connectivity index (χ4n) is 3.68. The maximum Gasteiger partial charge on any atom is 0.161 e. The molecule has 0 spiro atoms. The van der Waals surface area contributed by atoms with Gasteiger partial charge in [-0.15, -0.1) is 11.3 Å². The van der Waals surface area contributed by atoms with Crippen LogP contribution in [0, 0.1) is 11.3 Å². The zero-order valence-corrected chi connectivity index (χ0v) is 14.8. The lowest BCUT2D eigenvalue weighted by Crippen LogP contribution is -2.30. The number of nitriles is 1. The molecule has 25 heavy (non-hydrogen) atoms. The molecule has 0 radical (unpaired) electrons. The lowest BCUT2D eigenvalue weighted by atomic mass is 9.78. The number of hydrogen-bond acceptors (Lipinski definition) is 4. The molecule has 2 aromatic rings. The zero-order valence-electron chi connectivity index (χ0n) is 14.0. The van der Waals surface area contributed by atoms with Crippen molar-refractivity contribution in [2.45, 2.75) is 32.1 Å². The van der Waals surface area contributed by atoms with Crippen molar-refractivity contribution in [3.05, 3.63) is 69.9 Å². The monoisotopic (exact) mass is 346 g/mol. The molecule has 1 atom stereocenters. The standard InChI is InChI=1S/C21H18N2OS/c1-13-15(12-22)20(21-16(23-13)8-5-9-17(21)24)19-11-10-18(25-19)14-6-3-2-4-7-14/h2-4,6-7,10-11,20,23H,5,8-9H2,1H3. The molecule has 1 N–H and O–H groups in total. The van der Waals surface area contributed by atoms with E-state index < -0.39 is 0 Å². The molecular formula is C21H18N2OS. The van der Waals surface area contributed by atoms with Crippen molar-refractivity contribution in [3.63, 3.8) is 0 Å². The number of nitrogens with zero attached hydrogens (tertiary/aromatic N) is 1. The van der Waals surface area contributed by atoms with Crippen LogP contribution in [0.2, 0.25) is 0 Å². The maximum atomic E-state index is 12.6. The van der Waals surface area contributed by atoms with Crippen molar-refractivity contribution < 1.29 is 4.79 Å². The first-order valence-corrected chi connectivity index (χ1v) is 9.30. The highest BCUT2D eigenvalue weighted by molar-refractivity contribution is 7.15. The van der Waals surface area contributed by atoms with Gasteiger partial charge in [-0.05, 0) is 37.5 Å². The summed E-state index contributed by atoms with van der Waals surface area (Å²) >= 11 is 1.67. The molecule has 124 valence electrons. The molecule has 1 unspecified atom stereocenters. The fraction of sp³-hybridized carbons (Fsp3) is 0.238. The fourth-order valence-corrected chi connectivity index (χ4v) is 4.81. The summed E-state index contributed by atoms with van der Waals surface area (Å²) in [4.78, 5) is 14.9. The van der Waals surface area contributed by atoms with Gasteiger partial charge in [0, 0.05) is 33.1 Å². The van der Waals surface area contributed by atoms with E-state index in [2.05, 4.69) is 35.7 Å². The van der Waals surface area contributed by atoms with E-state index in [1.807, 2.05) is 25.1 Å². The molecule has 2 heterocycles. The minimum Gasteiger partial charge on any atom is -0.361 e. The van der Waals surface area contributed by atoms with Gasteiger partial charge in [-0.1, -0.05) is 30.3 Å². The molecule has 0 amide bonds. The normalized spacial score (nSPS) is 20.2. The van der Waals surface area contributed by atoms with E-state index in [0.717, 1.165) is 45.1 Å². The highest BCUT2D eigenvalue weighted by Crippen LogP contribution is 2.45. The van der Waals surface area contributed by atoms with Crippen LogP contribution in [0.25, 0.3) is 10.4 Å². The topological polar surface area (TPSA) is 52.9 Å². The van der Waals surface area contributed by atoms with E-state index in [9.17, 15) is 10.1 Å². The van der Waals surface area contributed by atoms with Crippen molar-refractivity contribution in [1.29, 1.82) is 5.26 Å². The second kappa shape index (κ2) is 6.34. The molecule has 0 saturated carbocycles. The number of carbonyl (C=O) groups excluding carboxylic acids is 1. The van der Waals surface area contributed by atoms with Gasteiger partial charge in [-0.25, -0.2) is 0 Å². The first kappa shape index (κ1) is 15.9. The van der Waals surface area contributed by atoms with Crippen LogP contribution >= 0.6 is 11.3 Å². The zero-order chi connectivity index (χ0) is 17.4. The summed E-state index contributed by atoms with van der Waals surface area (Å²) in [6, 6.07) is 16.7. The van der Waals surface area contributed by atoms with Crippen LogP contribution in [-0.4, -0.2) is 5.78 Å². The van der Waals surface area contributed by atoms with Crippen molar-refractivity contribution in [1.82, 2.24) is 5.32 Å². The molecule has 0 saturated heterocycles. The molecule has 1 aromatic carbocycles. The van der Waals surface area contributed by atoms with Crippen LogP contribution in [0.3, 0.4) is 0 Å². The molecule has 3 nitrogen and oxygen atoms in total. The number of hydrogen-bond donors (Lipinski definition) is 1. The smallest absolute Gasteiger partial charge is 0.161 e. The van der Waals surface area contributed by atoms with Gasteiger partial charge in [-0.3, -0.25) is 4.79 Å². The van der Waals surface area contributed by atoms with Gasteiger partial charge >= 0.3 is 0 Å². The SMILES string of the molecule is CC1=C(C#N)C(c2ccc(-c3ccccc3)s2)C2=C(CCCC2=O)N1. The predicted molar refractivity (Wildman–Crippen MR) is 99.8 cm³/mol. The van der Waals surface area contributed by atoms with E-state index >= 15 is 0 Å². The van der Waals surface area contributed by atoms with Crippen molar-refractivity contribution in [2.75, 3.05) is 0 Å². The second-order valence-corrected chi connectivity index (χ2v) is 7.56. The highest BCUT2D eigenvalue weighted by atomic mass is 32.1. The minimum atomic E-state index is -0.225. The predicted octanol–water partition coefficient (Wildman–Crippen LogP) is 4.91. The van der Waals surface area contributed by atoms with E-state index in [1.54, 1.807) is 11.3 Å². The number of rotatable bonds is 2. The molecule has 1 aliphatic carbocycles. The third-order valence-electron chi connectivity index (χ3n) is 4.87. The summed E-state index contributed by atoms with van der Waals surface area (Å²) in [6.45, 7) is 1.93. The Hall–Kier alpha value is -2.64. The van der Waals surface area contributed by atoms with Gasteiger partial charge in [0.05, 0.1) is 17.6 Å². The number of thiophene rings is 1. The molecule has 4 rings (SSSR count). The summed E-state index contributed by atoms with van der Waals surface area (Å²) in [7, 11) is 0. The summed E-state index contributed by atoms with van der Waals surface area (Å²) < 4.78 is 0. The van der Waals surface area contributed by atoms with Gasteiger partial charge in [0.2, 0.25) is 0 Å². The lowest BCUT2D eigenvalue weighted by molar-refractivity contribution is -0.116. The van der Waals surface area contributed by atoms with Crippen LogP contribution in [0.4, 0.5) is 0 Å². The van der Waals surface area contributed by atoms with E-state index in [1.165, 1.54) is 0 Å². The minimum absolute atomic E-state index is 0.175. The van der Waals surface area contributed by atoms with Gasteiger partial charge in [0.25, 0.3) is 0 Å². The van der Waals surface area contributed by atoms with Crippen molar-refractivity contribution in [3.8, 4) is 16.5 Å². The maximum absolute atomic E-state index is 12.6. The Morgan fingerprint density at radius 1 is 1.16 bits per heavy atom. The van der Waals surface area contributed by atoms with E-state index in [-0.39, 0.29) is 11.7 Å². The Balaban J connectivity index is 1.82. The molecule has 0 bridgehead atoms. The number of carbonyl (C=O) groups is 1. The molecular weight excluding hydrogens is 328 g/mol. The van der Waals surface area contributed by atoms with Crippen molar-refractivity contribution in [2.24, 2.45) is 0 Å². The molecule has 1 aromatic heterocycles. The largest absolute Gasteiger partial charge is 0.361 e. The number of Topliss-reactive ketones (excluding diaryl/α,β-unsaturated/α-hetero) is 1. The number of nitrogens with one attached hydrogen (secondary N) is 1. The first-order valence-electron chi connectivity index (χ1n) is 8.48. The summed E-state index contributed by atoms with van der Waals surface area (Å²) in [5, 5.41) is 13.0. The summed E-state index contributed by atoms with van der Waals surface area (Å²) in [5.41, 5.74) is 4.50. The Bertz CT molecular complexity index is 944. The molecule has 0 fully saturated rings. The molecule has 2 aliphatic rings. The number of allylic oxidation sites excluding steroid dienone is 4. The Morgan fingerprint density at radius 2 is 1.96 bits per heavy atom.